The molecule has 1 saturated carbocycles. The molecule has 1 aromatic carbocycles. The van der Waals surface area contributed by atoms with Crippen LogP contribution >= 0.6 is 0 Å². The lowest BCUT2D eigenvalue weighted by atomic mass is 10.2. The molecule has 6 heteroatoms. The van der Waals surface area contributed by atoms with Crippen LogP contribution < -0.4 is 10.6 Å². The fraction of sp³-hybridized carbons (Fsp3) is 0.533. The summed E-state index contributed by atoms with van der Waals surface area (Å²) in [5.41, 5.74) is 0.904. The Balaban J connectivity index is 1.62. The van der Waals surface area contributed by atoms with Gasteiger partial charge in [-0.3, -0.25) is 14.9 Å². The molecule has 1 aliphatic carbocycles. The van der Waals surface area contributed by atoms with Crippen LogP contribution in [-0.2, 0) is 4.79 Å². The summed E-state index contributed by atoms with van der Waals surface area (Å²) in [4.78, 5) is 21.8. The van der Waals surface area contributed by atoms with E-state index in [4.69, 9.17) is 0 Å². The predicted octanol–water partition coefficient (Wildman–Crippen LogP) is 2.70. The van der Waals surface area contributed by atoms with E-state index in [-0.39, 0.29) is 11.6 Å². The number of anilines is 1. The molecule has 2 rings (SSSR count). The number of nitrogens with one attached hydrogen (secondary N) is 2. The summed E-state index contributed by atoms with van der Waals surface area (Å²) >= 11 is 0. The Morgan fingerprint density at radius 3 is 2.62 bits per heavy atom. The Morgan fingerprint density at radius 2 is 2.05 bits per heavy atom. The molecule has 1 aromatic rings. The summed E-state index contributed by atoms with van der Waals surface area (Å²) in [6, 6.07) is 6.57. The van der Waals surface area contributed by atoms with Gasteiger partial charge in [0.1, 0.15) is 0 Å². The number of amides is 1. The van der Waals surface area contributed by atoms with Crippen molar-refractivity contribution in [1.29, 1.82) is 0 Å². The molecular weight excluding hydrogens is 270 g/mol. The second-order valence-electron chi connectivity index (χ2n) is 5.53. The van der Waals surface area contributed by atoms with E-state index < -0.39 is 4.92 Å². The number of hydrogen-bond donors (Lipinski definition) is 2. The fourth-order valence-corrected chi connectivity index (χ4v) is 2.22. The van der Waals surface area contributed by atoms with Gasteiger partial charge in [-0.1, -0.05) is 0 Å². The molecule has 1 unspecified atom stereocenters. The maximum atomic E-state index is 11.7. The van der Waals surface area contributed by atoms with E-state index >= 15 is 0 Å². The van der Waals surface area contributed by atoms with Gasteiger partial charge in [-0.25, -0.2) is 0 Å². The highest BCUT2D eigenvalue weighted by atomic mass is 16.6. The van der Waals surface area contributed by atoms with E-state index in [2.05, 4.69) is 17.6 Å². The van der Waals surface area contributed by atoms with Gasteiger partial charge in [0.05, 0.1) is 4.92 Å². The summed E-state index contributed by atoms with van der Waals surface area (Å²) in [5, 5.41) is 16.7. The summed E-state index contributed by atoms with van der Waals surface area (Å²) < 4.78 is 0. The van der Waals surface area contributed by atoms with Crippen molar-refractivity contribution in [2.24, 2.45) is 5.92 Å². The lowest BCUT2D eigenvalue weighted by Crippen LogP contribution is -2.34. The van der Waals surface area contributed by atoms with Gasteiger partial charge in [0.15, 0.2) is 0 Å². The van der Waals surface area contributed by atoms with Crippen molar-refractivity contribution in [2.75, 3.05) is 11.9 Å². The first kappa shape index (κ1) is 15.3. The highest BCUT2D eigenvalue weighted by molar-refractivity contribution is 5.76. The molecule has 1 fully saturated rings. The Morgan fingerprint density at radius 1 is 1.38 bits per heavy atom. The van der Waals surface area contributed by atoms with Crippen LogP contribution in [0.1, 0.15) is 32.6 Å². The Bertz CT molecular complexity index is 497. The number of nitrogens with zero attached hydrogens (tertiary/aromatic N) is 1. The zero-order valence-electron chi connectivity index (χ0n) is 12.2. The number of nitro groups is 1. The number of carbonyl (C=O) groups excluding carboxylic acids is 1. The number of non-ortho nitro benzene ring substituents is 1. The molecule has 21 heavy (non-hydrogen) atoms. The molecule has 0 aliphatic heterocycles. The van der Waals surface area contributed by atoms with E-state index in [1.54, 1.807) is 12.1 Å². The van der Waals surface area contributed by atoms with Crippen molar-refractivity contribution in [2.45, 2.75) is 38.6 Å². The monoisotopic (exact) mass is 291 g/mol. The molecule has 0 spiro atoms. The highest BCUT2D eigenvalue weighted by Crippen LogP contribution is 2.32. The number of nitro benzene ring substituents is 1. The quantitative estimate of drug-likeness (QED) is 0.438. The maximum absolute atomic E-state index is 11.7. The Kier molecular flexibility index (Phi) is 5.14. The van der Waals surface area contributed by atoms with E-state index in [1.165, 1.54) is 25.0 Å². The SMILES string of the molecule is CC(NC(=O)CCCNc1ccc([N+](=O)[O-])cc1)C1CC1. The molecule has 1 aliphatic rings. The molecule has 1 amide bonds. The van der Waals surface area contributed by atoms with Crippen LogP contribution in [0, 0.1) is 16.0 Å². The highest BCUT2D eigenvalue weighted by Gasteiger charge is 2.28. The van der Waals surface area contributed by atoms with Crippen molar-refractivity contribution in [1.82, 2.24) is 5.32 Å². The van der Waals surface area contributed by atoms with Crippen LogP contribution in [0.25, 0.3) is 0 Å². The smallest absolute Gasteiger partial charge is 0.269 e. The van der Waals surface area contributed by atoms with Crippen LogP contribution in [0.4, 0.5) is 11.4 Å². The summed E-state index contributed by atoms with van der Waals surface area (Å²) in [6.45, 7) is 2.73. The molecule has 0 saturated heterocycles. The summed E-state index contributed by atoms with van der Waals surface area (Å²) in [7, 11) is 0. The number of carbonyl (C=O) groups is 1. The maximum Gasteiger partial charge on any atom is 0.269 e. The van der Waals surface area contributed by atoms with Gasteiger partial charge in [-0.15, -0.1) is 0 Å². The third-order valence-corrected chi connectivity index (χ3v) is 3.71. The standard InChI is InChI=1S/C15H21N3O3/c1-11(12-4-5-12)17-15(19)3-2-10-16-13-6-8-14(9-7-13)18(20)21/h6-9,11-12,16H,2-5,10H2,1H3,(H,17,19). The van der Waals surface area contributed by atoms with Gasteiger partial charge < -0.3 is 10.6 Å². The molecule has 0 aromatic heterocycles. The topological polar surface area (TPSA) is 84.3 Å². The van der Waals surface area contributed by atoms with Gasteiger partial charge in [-0.2, -0.15) is 0 Å². The minimum Gasteiger partial charge on any atom is -0.385 e. The first-order chi connectivity index (χ1) is 10.1. The zero-order valence-corrected chi connectivity index (χ0v) is 12.2. The first-order valence-corrected chi connectivity index (χ1v) is 7.34. The molecule has 1 atom stereocenters. The van der Waals surface area contributed by atoms with Gasteiger partial charge in [0, 0.05) is 36.8 Å². The Labute approximate surface area is 124 Å². The largest absolute Gasteiger partial charge is 0.385 e. The molecule has 0 radical (unpaired) electrons. The predicted molar refractivity (Wildman–Crippen MR) is 81.1 cm³/mol. The second kappa shape index (κ2) is 7.06. The van der Waals surface area contributed by atoms with E-state index in [0.29, 0.717) is 24.9 Å². The molecule has 2 N–H and O–H groups in total. The summed E-state index contributed by atoms with van der Waals surface area (Å²) in [5.74, 6) is 0.770. The van der Waals surface area contributed by atoms with Crippen LogP contribution in [0.5, 0.6) is 0 Å². The number of benzene rings is 1. The average molecular weight is 291 g/mol. The lowest BCUT2D eigenvalue weighted by Gasteiger charge is -2.12. The molecule has 0 heterocycles. The van der Waals surface area contributed by atoms with Crippen molar-refractivity contribution >= 4 is 17.3 Å². The molecule has 0 bridgehead atoms. The first-order valence-electron chi connectivity index (χ1n) is 7.34. The van der Waals surface area contributed by atoms with Crippen molar-refractivity contribution in [3.05, 3.63) is 34.4 Å². The third-order valence-electron chi connectivity index (χ3n) is 3.71. The van der Waals surface area contributed by atoms with Crippen LogP contribution in [0.2, 0.25) is 0 Å². The van der Waals surface area contributed by atoms with Crippen LogP contribution in [0.15, 0.2) is 24.3 Å². The van der Waals surface area contributed by atoms with E-state index in [9.17, 15) is 14.9 Å². The minimum absolute atomic E-state index is 0.0778. The normalized spacial score (nSPS) is 15.3. The van der Waals surface area contributed by atoms with Gasteiger partial charge in [-0.05, 0) is 44.2 Å². The van der Waals surface area contributed by atoms with Crippen LogP contribution in [0.3, 0.4) is 0 Å². The van der Waals surface area contributed by atoms with Crippen molar-refractivity contribution < 1.29 is 9.72 Å². The minimum atomic E-state index is -0.421. The van der Waals surface area contributed by atoms with Gasteiger partial charge in [0.2, 0.25) is 5.91 Å². The average Bonchev–Trinajstić information content (AvgIpc) is 3.28. The van der Waals surface area contributed by atoms with Gasteiger partial charge >= 0.3 is 0 Å². The van der Waals surface area contributed by atoms with Crippen molar-refractivity contribution in [3.8, 4) is 0 Å². The zero-order chi connectivity index (χ0) is 15.2. The Hall–Kier alpha value is -2.11. The van der Waals surface area contributed by atoms with E-state index in [1.807, 2.05) is 0 Å². The molecule has 114 valence electrons. The second-order valence-corrected chi connectivity index (χ2v) is 5.53. The van der Waals surface area contributed by atoms with Crippen molar-refractivity contribution in [3.63, 3.8) is 0 Å². The molecular formula is C15H21N3O3. The van der Waals surface area contributed by atoms with Crippen LogP contribution in [-0.4, -0.2) is 23.4 Å². The third kappa shape index (κ3) is 5.06. The number of hydrogen-bond acceptors (Lipinski definition) is 4. The lowest BCUT2D eigenvalue weighted by molar-refractivity contribution is -0.384. The molecule has 6 nitrogen and oxygen atoms in total. The summed E-state index contributed by atoms with van der Waals surface area (Å²) in [6.07, 6.45) is 3.68. The van der Waals surface area contributed by atoms with E-state index in [0.717, 1.165) is 12.1 Å². The fourth-order valence-electron chi connectivity index (χ4n) is 2.22. The number of rotatable bonds is 8. The van der Waals surface area contributed by atoms with Gasteiger partial charge in [0.25, 0.3) is 5.69 Å².